The molecule has 0 unspecified atom stereocenters. The smallest absolute Gasteiger partial charge is 0.287 e. The fourth-order valence-electron chi connectivity index (χ4n) is 3.64. The van der Waals surface area contributed by atoms with Gasteiger partial charge in [-0.2, -0.15) is 4.31 Å². The van der Waals surface area contributed by atoms with Crippen LogP contribution in [-0.4, -0.2) is 46.2 Å². The number of carbonyl (C=O) groups is 1. The lowest BCUT2D eigenvalue weighted by Crippen LogP contribution is -2.31. The topological polar surface area (TPSA) is 126 Å². The third kappa shape index (κ3) is 5.77. The molecule has 2 N–H and O–H groups in total. The molecule has 0 bridgehead atoms. The summed E-state index contributed by atoms with van der Waals surface area (Å²) in [5.41, 5.74) is 1.21. The number of rotatable bonds is 9. The lowest BCUT2D eigenvalue weighted by atomic mass is 10.1. The number of hydrogen-bond acceptors (Lipinski definition) is 6. The highest BCUT2D eigenvalue weighted by Crippen LogP contribution is 2.26. The minimum Gasteiger partial charge on any atom is -0.455 e. The molecule has 1 amide bonds. The zero-order valence-electron chi connectivity index (χ0n) is 18.4. The number of furan rings is 1. The van der Waals surface area contributed by atoms with Crippen molar-refractivity contribution in [2.75, 3.05) is 13.1 Å². The minimum atomic E-state index is -3.70. The number of sulfonamides is 2. The van der Waals surface area contributed by atoms with Crippen LogP contribution in [0.5, 0.6) is 0 Å². The maximum absolute atomic E-state index is 12.8. The Morgan fingerprint density at radius 3 is 2.34 bits per heavy atom. The summed E-state index contributed by atoms with van der Waals surface area (Å²) in [6.45, 7) is 5.99. The summed E-state index contributed by atoms with van der Waals surface area (Å²) in [6.07, 6.45) is 1.62. The molecular weight excluding hydrogens is 454 g/mol. The van der Waals surface area contributed by atoms with Gasteiger partial charge in [0.25, 0.3) is 5.91 Å². The first-order valence-electron chi connectivity index (χ1n) is 10.4. The van der Waals surface area contributed by atoms with Crippen molar-refractivity contribution in [1.29, 1.82) is 0 Å². The third-order valence-electron chi connectivity index (χ3n) is 5.10. The number of carbonyl (C=O) groups excluding carboxylic acids is 1. The first-order valence-corrected chi connectivity index (χ1v) is 13.5. The molecule has 3 rings (SSSR count). The summed E-state index contributed by atoms with van der Waals surface area (Å²) in [6, 6.07) is 7.94. The van der Waals surface area contributed by atoms with Crippen molar-refractivity contribution in [3.05, 3.63) is 53.0 Å². The quantitative estimate of drug-likeness (QED) is 0.563. The average molecular weight is 484 g/mol. The maximum Gasteiger partial charge on any atom is 0.287 e. The van der Waals surface area contributed by atoms with Crippen molar-refractivity contribution in [2.24, 2.45) is 0 Å². The summed E-state index contributed by atoms with van der Waals surface area (Å²) in [7, 11) is -7.23. The summed E-state index contributed by atoms with van der Waals surface area (Å²) in [5.74, 6) is -0.732. The van der Waals surface area contributed by atoms with Gasteiger partial charge in [-0.05, 0) is 44.7 Å². The summed E-state index contributed by atoms with van der Waals surface area (Å²) in [4.78, 5) is 12.6. The van der Waals surface area contributed by atoms with Gasteiger partial charge in [0.15, 0.2) is 5.76 Å². The molecule has 1 fully saturated rings. The molecule has 1 saturated heterocycles. The molecule has 1 aromatic carbocycles. The van der Waals surface area contributed by atoms with E-state index in [0.29, 0.717) is 24.2 Å². The molecule has 1 aliphatic heterocycles. The number of hydrogen-bond donors (Lipinski definition) is 2. The lowest BCUT2D eigenvalue weighted by molar-refractivity contribution is 0.0921. The fourth-order valence-corrected chi connectivity index (χ4v) is 6.81. The molecule has 9 nitrogen and oxygen atoms in total. The second-order valence-corrected chi connectivity index (χ2v) is 11.8. The SMILES string of the molecule is Cc1oc(C(=O)NCc2ccccc2CS(=O)(=O)NC(C)C)cc1S(=O)(=O)N1CCCC1. The highest BCUT2D eigenvalue weighted by molar-refractivity contribution is 7.89. The van der Waals surface area contributed by atoms with Gasteiger partial charge in [-0.1, -0.05) is 24.3 Å². The standard InChI is InChI=1S/C21H29N3O6S2/c1-15(2)23-31(26,27)14-18-9-5-4-8-17(18)13-22-21(25)19-12-20(16(3)30-19)32(28,29)24-10-6-7-11-24/h4-5,8-9,12,15,23H,6-7,10-11,13-14H2,1-3H3,(H,22,25). The maximum atomic E-state index is 12.8. The van der Waals surface area contributed by atoms with E-state index in [9.17, 15) is 21.6 Å². The van der Waals surface area contributed by atoms with Gasteiger partial charge < -0.3 is 9.73 Å². The van der Waals surface area contributed by atoms with E-state index in [0.717, 1.165) is 12.8 Å². The zero-order chi connectivity index (χ0) is 23.5. The van der Waals surface area contributed by atoms with Gasteiger partial charge in [0.1, 0.15) is 10.7 Å². The van der Waals surface area contributed by atoms with Gasteiger partial charge in [-0.3, -0.25) is 4.79 Å². The highest BCUT2D eigenvalue weighted by Gasteiger charge is 2.31. The van der Waals surface area contributed by atoms with Crippen LogP contribution < -0.4 is 10.0 Å². The van der Waals surface area contributed by atoms with E-state index in [1.54, 1.807) is 38.1 Å². The van der Waals surface area contributed by atoms with Gasteiger partial charge in [-0.15, -0.1) is 0 Å². The Hall–Kier alpha value is -2.21. The van der Waals surface area contributed by atoms with Crippen molar-refractivity contribution >= 4 is 26.0 Å². The highest BCUT2D eigenvalue weighted by atomic mass is 32.2. The Balaban J connectivity index is 1.72. The van der Waals surface area contributed by atoms with Crippen LogP contribution in [0.3, 0.4) is 0 Å². The van der Waals surface area contributed by atoms with E-state index in [1.807, 2.05) is 0 Å². The molecule has 0 aliphatic carbocycles. The number of nitrogens with one attached hydrogen (secondary N) is 2. The van der Waals surface area contributed by atoms with Crippen LogP contribution in [0.1, 0.15) is 54.1 Å². The van der Waals surface area contributed by atoms with Crippen LogP contribution >= 0.6 is 0 Å². The van der Waals surface area contributed by atoms with Gasteiger partial charge in [-0.25, -0.2) is 21.6 Å². The molecule has 1 aliphatic rings. The van der Waals surface area contributed by atoms with Crippen molar-refractivity contribution in [2.45, 2.75) is 56.8 Å². The second-order valence-electron chi connectivity index (χ2n) is 8.13. The number of aryl methyl sites for hydroxylation is 1. The molecule has 1 aromatic heterocycles. The van der Waals surface area contributed by atoms with Gasteiger partial charge in [0, 0.05) is 31.7 Å². The van der Waals surface area contributed by atoms with Gasteiger partial charge in [0.05, 0.1) is 5.75 Å². The molecule has 0 radical (unpaired) electrons. The van der Waals surface area contributed by atoms with Crippen LogP contribution in [0.15, 0.2) is 39.6 Å². The zero-order valence-corrected chi connectivity index (χ0v) is 20.1. The molecule has 0 saturated carbocycles. The van der Waals surface area contributed by atoms with Crippen molar-refractivity contribution in [3.8, 4) is 0 Å². The van der Waals surface area contributed by atoms with Crippen LogP contribution in [0, 0.1) is 6.92 Å². The Labute approximate surface area is 189 Å². The summed E-state index contributed by atoms with van der Waals surface area (Å²) >= 11 is 0. The lowest BCUT2D eigenvalue weighted by Gasteiger charge is -2.14. The Morgan fingerprint density at radius 2 is 1.72 bits per heavy atom. The molecule has 0 spiro atoms. The average Bonchev–Trinajstić information content (AvgIpc) is 3.36. The molecule has 176 valence electrons. The predicted molar refractivity (Wildman–Crippen MR) is 120 cm³/mol. The summed E-state index contributed by atoms with van der Waals surface area (Å²) in [5, 5.41) is 2.69. The van der Waals surface area contributed by atoms with E-state index in [1.165, 1.54) is 17.3 Å². The Kier molecular flexibility index (Phi) is 7.43. The summed E-state index contributed by atoms with van der Waals surface area (Å²) < 4.78 is 59.6. The van der Waals surface area contributed by atoms with Crippen LogP contribution in [0.4, 0.5) is 0 Å². The van der Waals surface area contributed by atoms with E-state index >= 15 is 0 Å². The monoisotopic (exact) mass is 483 g/mol. The second kappa shape index (κ2) is 9.74. The first kappa shape index (κ1) is 24.4. The van der Waals surface area contributed by atoms with Crippen LogP contribution in [0.25, 0.3) is 0 Å². The van der Waals surface area contributed by atoms with Gasteiger partial charge >= 0.3 is 0 Å². The van der Waals surface area contributed by atoms with E-state index < -0.39 is 26.0 Å². The van der Waals surface area contributed by atoms with Crippen molar-refractivity contribution in [1.82, 2.24) is 14.3 Å². The molecule has 11 heteroatoms. The van der Waals surface area contributed by atoms with E-state index in [2.05, 4.69) is 10.0 Å². The van der Waals surface area contributed by atoms with E-state index in [4.69, 9.17) is 4.42 Å². The third-order valence-corrected chi connectivity index (χ3v) is 8.63. The predicted octanol–water partition coefficient (Wildman–Crippen LogP) is 2.13. The molecule has 2 heterocycles. The molecule has 0 atom stereocenters. The number of nitrogens with zero attached hydrogens (tertiary/aromatic N) is 1. The van der Waals surface area contributed by atoms with Crippen LogP contribution in [-0.2, 0) is 32.3 Å². The minimum absolute atomic E-state index is 0.00389. The van der Waals surface area contributed by atoms with Crippen LogP contribution in [0.2, 0.25) is 0 Å². The van der Waals surface area contributed by atoms with Crippen molar-refractivity contribution in [3.63, 3.8) is 0 Å². The molecule has 2 aromatic rings. The Morgan fingerprint density at radius 1 is 1.09 bits per heavy atom. The van der Waals surface area contributed by atoms with Crippen molar-refractivity contribution < 1.29 is 26.0 Å². The fraction of sp³-hybridized carbons (Fsp3) is 0.476. The Bertz CT molecular complexity index is 1180. The first-order chi connectivity index (χ1) is 15.0. The normalized spacial score (nSPS) is 15.4. The molecule has 32 heavy (non-hydrogen) atoms. The number of amides is 1. The number of benzene rings is 1. The van der Waals surface area contributed by atoms with Gasteiger partial charge in [0.2, 0.25) is 20.0 Å². The molecular formula is C21H29N3O6S2. The largest absolute Gasteiger partial charge is 0.455 e. The van der Waals surface area contributed by atoms with E-state index in [-0.39, 0.29) is 34.8 Å².